The molecule has 6 nitrogen and oxygen atoms in total. The van der Waals surface area contributed by atoms with Crippen molar-refractivity contribution in [1.29, 1.82) is 0 Å². The van der Waals surface area contributed by atoms with Crippen molar-refractivity contribution in [3.63, 3.8) is 0 Å². The largest absolute Gasteiger partial charge is 0.435 e. The Bertz CT molecular complexity index is 712. The number of benzene rings is 1. The molecule has 0 amide bonds. The smallest absolute Gasteiger partial charge is 0.278 e. The molecule has 1 N–H and O–H groups in total. The number of hydrogen-bond donors (Lipinski definition) is 1. The summed E-state index contributed by atoms with van der Waals surface area (Å²) in [5.74, 6) is -2.83. The molecule has 2 aromatic rings. The number of nitrogens with zero attached hydrogens (tertiary/aromatic N) is 2. The highest BCUT2D eigenvalue weighted by molar-refractivity contribution is 9.10. The van der Waals surface area contributed by atoms with Crippen LogP contribution in [-0.2, 0) is 0 Å². The van der Waals surface area contributed by atoms with Gasteiger partial charge in [0.2, 0.25) is 11.7 Å². The molecule has 0 fully saturated rings. The lowest BCUT2D eigenvalue weighted by Gasteiger charge is -2.08. The minimum atomic E-state index is -1.21. The summed E-state index contributed by atoms with van der Waals surface area (Å²) in [5, 5.41) is 13.4. The molecule has 1 heterocycles. The number of ether oxygens (including phenoxy) is 1. The van der Waals surface area contributed by atoms with E-state index < -0.39 is 22.3 Å². The molecule has 21 heavy (non-hydrogen) atoms. The first-order chi connectivity index (χ1) is 9.90. The van der Waals surface area contributed by atoms with Gasteiger partial charge in [0.15, 0.2) is 11.6 Å². The van der Waals surface area contributed by atoms with Gasteiger partial charge < -0.3 is 10.1 Å². The first-order valence-corrected chi connectivity index (χ1v) is 6.36. The van der Waals surface area contributed by atoms with Crippen molar-refractivity contribution in [2.75, 3.05) is 12.4 Å². The van der Waals surface area contributed by atoms with E-state index in [1.165, 1.54) is 19.2 Å². The van der Waals surface area contributed by atoms with E-state index in [0.717, 1.165) is 12.1 Å². The lowest BCUT2D eigenvalue weighted by Crippen LogP contribution is -1.99. The molecule has 0 spiro atoms. The van der Waals surface area contributed by atoms with Gasteiger partial charge in [-0.3, -0.25) is 10.1 Å². The topological polar surface area (TPSA) is 77.3 Å². The minimum Gasteiger partial charge on any atom is -0.435 e. The molecule has 0 unspecified atom stereocenters. The standard InChI is InChI=1S/C12H8BrF2N3O3/c1-16-10-4-7(18(19)20)5-11(17-10)21-9-3-6(13)2-8(14)12(9)15/h2-5H,1H3,(H,16,17). The molecule has 0 radical (unpaired) electrons. The second-order valence-electron chi connectivity index (χ2n) is 3.86. The van der Waals surface area contributed by atoms with E-state index in [-0.39, 0.29) is 21.9 Å². The number of hydrogen-bond acceptors (Lipinski definition) is 5. The molecule has 0 aliphatic rings. The maximum atomic E-state index is 13.6. The summed E-state index contributed by atoms with van der Waals surface area (Å²) in [6, 6.07) is 4.32. The summed E-state index contributed by atoms with van der Waals surface area (Å²) in [5.41, 5.74) is -0.291. The van der Waals surface area contributed by atoms with Crippen LogP contribution in [0.4, 0.5) is 20.3 Å². The molecule has 0 aliphatic heterocycles. The molecule has 0 saturated heterocycles. The molecular weight excluding hydrogens is 352 g/mol. The molecule has 0 atom stereocenters. The number of nitrogens with one attached hydrogen (secondary N) is 1. The summed E-state index contributed by atoms with van der Waals surface area (Å²) < 4.78 is 32.2. The van der Waals surface area contributed by atoms with Crippen LogP contribution < -0.4 is 10.1 Å². The molecule has 0 bridgehead atoms. The highest BCUT2D eigenvalue weighted by Gasteiger charge is 2.16. The van der Waals surface area contributed by atoms with Crippen molar-refractivity contribution >= 4 is 27.4 Å². The number of aromatic nitrogens is 1. The number of nitro groups is 1. The lowest BCUT2D eigenvalue weighted by atomic mass is 10.3. The zero-order valence-corrected chi connectivity index (χ0v) is 12.1. The van der Waals surface area contributed by atoms with E-state index in [4.69, 9.17) is 4.74 Å². The molecule has 110 valence electrons. The van der Waals surface area contributed by atoms with Crippen molar-refractivity contribution in [3.05, 3.63) is 50.5 Å². The third-order valence-electron chi connectivity index (χ3n) is 2.43. The quantitative estimate of drug-likeness (QED) is 0.509. The van der Waals surface area contributed by atoms with Crippen molar-refractivity contribution in [1.82, 2.24) is 4.98 Å². The van der Waals surface area contributed by atoms with Gasteiger partial charge in [-0.15, -0.1) is 0 Å². The third-order valence-corrected chi connectivity index (χ3v) is 2.89. The summed E-state index contributed by atoms with van der Waals surface area (Å²) in [4.78, 5) is 14.0. The molecule has 2 rings (SSSR count). The molecule has 0 aliphatic carbocycles. The Morgan fingerprint density at radius 2 is 2.05 bits per heavy atom. The molecular formula is C12H8BrF2N3O3. The van der Waals surface area contributed by atoms with E-state index in [0.29, 0.717) is 0 Å². The lowest BCUT2D eigenvalue weighted by molar-refractivity contribution is -0.384. The summed E-state index contributed by atoms with van der Waals surface area (Å²) in [7, 11) is 1.51. The summed E-state index contributed by atoms with van der Waals surface area (Å²) in [6.07, 6.45) is 0. The monoisotopic (exact) mass is 359 g/mol. The fraction of sp³-hybridized carbons (Fsp3) is 0.0833. The minimum absolute atomic E-state index is 0.162. The molecule has 1 aromatic carbocycles. The van der Waals surface area contributed by atoms with Crippen LogP contribution >= 0.6 is 15.9 Å². The highest BCUT2D eigenvalue weighted by Crippen LogP contribution is 2.31. The predicted molar refractivity (Wildman–Crippen MR) is 74.6 cm³/mol. The van der Waals surface area contributed by atoms with Crippen LogP contribution in [0.1, 0.15) is 0 Å². The Labute approximate surface area is 126 Å². The average molecular weight is 360 g/mol. The molecule has 0 saturated carbocycles. The Balaban J connectivity index is 2.44. The van der Waals surface area contributed by atoms with Gasteiger partial charge in [0.1, 0.15) is 5.82 Å². The van der Waals surface area contributed by atoms with Gasteiger partial charge in [-0.05, 0) is 12.1 Å². The molecule has 9 heteroatoms. The normalized spacial score (nSPS) is 10.3. The van der Waals surface area contributed by atoms with E-state index in [2.05, 4.69) is 26.2 Å². The zero-order chi connectivity index (χ0) is 15.6. The van der Waals surface area contributed by atoms with Crippen LogP contribution in [0.5, 0.6) is 11.6 Å². The summed E-state index contributed by atoms with van der Waals surface area (Å²) >= 11 is 3.00. The Morgan fingerprint density at radius 1 is 1.33 bits per heavy atom. The van der Waals surface area contributed by atoms with Crippen molar-refractivity contribution in [2.45, 2.75) is 0 Å². The molecule has 1 aromatic heterocycles. The average Bonchev–Trinajstić information content (AvgIpc) is 2.43. The summed E-state index contributed by atoms with van der Waals surface area (Å²) in [6.45, 7) is 0. The first-order valence-electron chi connectivity index (χ1n) is 5.57. The van der Waals surface area contributed by atoms with Crippen LogP contribution in [0.2, 0.25) is 0 Å². The zero-order valence-electron chi connectivity index (χ0n) is 10.6. The van der Waals surface area contributed by atoms with Crippen molar-refractivity contribution < 1.29 is 18.4 Å². The number of pyridine rings is 1. The Morgan fingerprint density at radius 3 is 2.67 bits per heavy atom. The van der Waals surface area contributed by atoms with Crippen molar-refractivity contribution in [2.24, 2.45) is 0 Å². The van der Waals surface area contributed by atoms with E-state index in [1.54, 1.807) is 0 Å². The van der Waals surface area contributed by atoms with E-state index in [1.807, 2.05) is 0 Å². The Hall–Kier alpha value is -2.29. The Kier molecular flexibility index (Phi) is 4.32. The fourth-order valence-electron chi connectivity index (χ4n) is 1.50. The highest BCUT2D eigenvalue weighted by atomic mass is 79.9. The first kappa shape index (κ1) is 15.1. The second kappa shape index (κ2) is 6.00. The van der Waals surface area contributed by atoms with Crippen LogP contribution in [0.3, 0.4) is 0 Å². The number of halogens is 3. The van der Waals surface area contributed by atoms with Crippen LogP contribution in [0, 0.1) is 21.7 Å². The second-order valence-corrected chi connectivity index (χ2v) is 4.77. The van der Waals surface area contributed by atoms with E-state index in [9.17, 15) is 18.9 Å². The van der Waals surface area contributed by atoms with Gasteiger partial charge in [-0.25, -0.2) is 4.39 Å². The number of anilines is 1. The van der Waals surface area contributed by atoms with Crippen LogP contribution in [-0.4, -0.2) is 17.0 Å². The van der Waals surface area contributed by atoms with Gasteiger partial charge in [0.25, 0.3) is 5.69 Å². The van der Waals surface area contributed by atoms with Crippen molar-refractivity contribution in [3.8, 4) is 11.6 Å². The maximum absolute atomic E-state index is 13.6. The third kappa shape index (κ3) is 3.43. The van der Waals surface area contributed by atoms with Gasteiger partial charge in [-0.2, -0.15) is 9.37 Å². The number of rotatable bonds is 4. The van der Waals surface area contributed by atoms with Crippen LogP contribution in [0.25, 0.3) is 0 Å². The van der Waals surface area contributed by atoms with Gasteiger partial charge >= 0.3 is 0 Å². The predicted octanol–water partition coefficient (Wildman–Crippen LogP) is 3.86. The van der Waals surface area contributed by atoms with Gasteiger partial charge in [0.05, 0.1) is 17.1 Å². The van der Waals surface area contributed by atoms with Crippen LogP contribution in [0.15, 0.2) is 28.7 Å². The van der Waals surface area contributed by atoms with E-state index >= 15 is 0 Å². The SMILES string of the molecule is CNc1cc([N+](=O)[O-])cc(Oc2cc(Br)cc(F)c2F)n1. The van der Waals surface area contributed by atoms with Gasteiger partial charge in [0, 0.05) is 11.5 Å². The van der Waals surface area contributed by atoms with Gasteiger partial charge in [-0.1, -0.05) is 15.9 Å². The maximum Gasteiger partial charge on any atom is 0.278 e. The fourth-order valence-corrected chi connectivity index (χ4v) is 1.91.